The molecule has 1 saturated carbocycles. The molecule has 1 aliphatic carbocycles. The number of hydrogen-bond acceptors (Lipinski definition) is 8. The Bertz CT molecular complexity index is 1210. The summed E-state index contributed by atoms with van der Waals surface area (Å²) < 4.78 is 37.1. The predicted octanol–water partition coefficient (Wildman–Crippen LogP) is 3.72. The lowest BCUT2D eigenvalue weighted by Crippen LogP contribution is -2.34. The first kappa shape index (κ1) is 23.5. The smallest absolute Gasteiger partial charge is 0.240 e. The molecule has 2 atom stereocenters. The van der Waals surface area contributed by atoms with Crippen molar-refractivity contribution in [3.8, 4) is 11.4 Å². The summed E-state index contributed by atoms with van der Waals surface area (Å²) in [4.78, 5) is 12.6. The summed E-state index contributed by atoms with van der Waals surface area (Å²) in [7, 11) is -3.93. The summed E-state index contributed by atoms with van der Waals surface area (Å²) in [5.74, 6) is 1.01. The zero-order valence-corrected chi connectivity index (χ0v) is 20.2. The molecule has 0 spiro atoms. The first-order chi connectivity index (χ1) is 15.8. The van der Waals surface area contributed by atoms with Gasteiger partial charge in [0.1, 0.15) is 11.4 Å². The van der Waals surface area contributed by atoms with Gasteiger partial charge < -0.3 is 4.74 Å². The minimum atomic E-state index is -3.93. The summed E-state index contributed by atoms with van der Waals surface area (Å²) in [6, 6.07) is 2.08. The Hall–Kier alpha value is -2.63. The van der Waals surface area contributed by atoms with Gasteiger partial charge in [-0.05, 0) is 44.7 Å². The number of aromatic nitrogens is 6. The molecule has 4 rings (SSSR count). The van der Waals surface area contributed by atoms with Crippen LogP contribution in [0.25, 0.3) is 11.4 Å². The lowest BCUT2D eigenvalue weighted by Gasteiger charge is -2.23. The van der Waals surface area contributed by atoms with E-state index >= 15 is 0 Å². The van der Waals surface area contributed by atoms with Gasteiger partial charge in [0.05, 0.1) is 5.02 Å². The molecule has 0 aliphatic heterocycles. The zero-order valence-electron chi connectivity index (χ0n) is 18.6. The summed E-state index contributed by atoms with van der Waals surface area (Å²) in [6.07, 6.45) is 7.98. The van der Waals surface area contributed by atoms with Crippen LogP contribution in [0.15, 0.2) is 30.9 Å². The molecular weight excluding hydrogens is 466 g/mol. The van der Waals surface area contributed by atoms with Crippen molar-refractivity contribution in [2.45, 2.75) is 57.4 Å². The number of anilines is 1. The average Bonchev–Trinajstić information content (AvgIpc) is 3.54. The number of pyridine rings is 1. The van der Waals surface area contributed by atoms with E-state index < -0.39 is 21.4 Å². The van der Waals surface area contributed by atoms with E-state index in [1.165, 1.54) is 12.4 Å². The first-order valence-electron chi connectivity index (χ1n) is 10.8. The number of rotatable bonds is 10. The molecule has 3 aromatic heterocycles. The van der Waals surface area contributed by atoms with E-state index in [1.54, 1.807) is 19.3 Å². The molecule has 0 bridgehead atoms. The van der Waals surface area contributed by atoms with E-state index in [-0.39, 0.29) is 17.8 Å². The highest BCUT2D eigenvalue weighted by atomic mass is 35.5. The Labute approximate surface area is 197 Å². The van der Waals surface area contributed by atoms with Gasteiger partial charge in [0.15, 0.2) is 11.6 Å². The SMILES string of the molecule is CCCO[C@@H](c1ncc(Cl)cn1)[C@H](C)S(=O)(=O)Nc1nnc(-c2cncc(C)c2)n1C1CC1. The Morgan fingerprint density at radius 2 is 1.94 bits per heavy atom. The van der Waals surface area contributed by atoms with Crippen molar-refractivity contribution in [3.05, 3.63) is 47.3 Å². The molecular formula is C21H26ClN7O3S. The number of hydrogen-bond donors (Lipinski definition) is 1. The Balaban J connectivity index is 1.64. The molecule has 10 nitrogen and oxygen atoms in total. The van der Waals surface area contributed by atoms with Gasteiger partial charge in [-0.2, -0.15) is 0 Å². The second-order valence-corrected chi connectivity index (χ2v) is 10.6. The second kappa shape index (κ2) is 9.70. The van der Waals surface area contributed by atoms with E-state index in [0.29, 0.717) is 23.9 Å². The molecule has 0 aromatic carbocycles. The molecule has 1 fully saturated rings. The lowest BCUT2D eigenvalue weighted by atomic mass is 10.2. The molecule has 0 radical (unpaired) electrons. The molecule has 3 aromatic rings. The van der Waals surface area contributed by atoms with Crippen molar-refractivity contribution in [2.75, 3.05) is 11.3 Å². The third-order valence-electron chi connectivity index (χ3n) is 5.29. The van der Waals surface area contributed by atoms with Gasteiger partial charge in [0, 0.05) is 43.0 Å². The van der Waals surface area contributed by atoms with Crippen LogP contribution in [0.1, 0.15) is 56.6 Å². The van der Waals surface area contributed by atoms with Crippen LogP contribution in [0, 0.1) is 6.92 Å². The second-order valence-electron chi connectivity index (χ2n) is 8.10. The first-order valence-corrected chi connectivity index (χ1v) is 12.7. The Kier molecular flexibility index (Phi) is 6.91. The van der Waals surface area contributed by atoms with E-state index in [0.717, 1.165) is 24.0 Å². The Morgan fingerprint density at radius 3 is 2.58 bits per heavy atom. The molecule has 3 heterocycles. The number of sulfonamides is 1. The van der Waals surface area contributed by atoms with Gasteiger partial charge in [0.25, 0.3) is 0 Å². The van der Waals surface area contributed by atoms with Gasteiger partial charge >= 0.3 is 0 Å². The molecule has 0 amide bonds. The van der Waals surface area contributed by atoms with Crippen LogP contribution in [0.3, 0.4) is 0 Å². The van der Waals surface area contributed by atoms with Crippen molar-refractivity contribution in [3.63, 3.8) is 0 Å². The van der Waals surface area contributed by atoms with Gasteiger partial charge in [-0.25, -0.2) is 18.4 Å². The number of nitrogens with one attached hydrogen (secondary N) is 1. The van der Waals surface area contributed by atoms with E-state index in [2.05, 4.69) is 29.9 Å². The summed E-state index contributed by atoms with van der Waals surface area (Å²) in [5.41, 5.74) is 1.76. The van der Waals surface area contributed by atoms with Gasteiger partial charge in [-0.1, -0.05) is 18.5 Å². The molecule has 12 heteroatoms. The van der Waals surface area contributed by atoms with Crippen LogP contribution in [0.2, 0.25) is 5.02 Å². The van der Waals surface area contributed by atoms with Crippen LogP contribution >= 0.6 is 11.6 Å². The van der Waals surface area contributed by atoms with Crippen LogP contribution in [-0.2, 0) is 14.8 Å². The maximum absolute atomic E-state index is 13.4. The van der Waals surface area contributed by atoms with Gasteiger partial charge in [-0.3, -0.25) is 14.3 Å². The highest BCUT2D eigenvalue weighted by Crippen LogP contribution is 2.40. The predicted molar refractivity (Wildman–Crippen MR) is 124 cm³/mol. The van der Waals surface area contributed by atoms with Crippen molar-refractivity contribution in [1.82, 2.24) is 29.7 Å². The topological polar surface area (TPSA) is 125 Å². The summed E-state index contributed by atoms with van der Waals surface area (Å²) in [6.45, 7) is 5.80. The van der Waals surface area contributed by atoms with E-state index in [4.69, 9.17) is 16.3 Å². The molecule has 176 valence electrons. The number of nitrogens with zero attached hydrogens (tertiary/aromatic N) is 6. The largest absolute Gasteiger partial charge is 0.369 e. The summed E-state index contributed by atoms with van der Waals surface area (Å²) >= 11 is 5.89. The highest BCUT2D eigenvalue weighted by molar-refractivity contribution is 7.93. The van der Waals surface area contributed by atoms with Crippen LogP contribution in [-0.4, -0.2) is 50.0 Å². The fourth-order valence-corrected chi connectivity index (χ4v) is 4.63. The molecule has 0 unspecified atom stereocenters. The fourth-order valence-electron chi connectivity index (χ4n) is 3.43. The minimum Gasteiger partial charge on any atom is -0.369 e. The molecule has 1 aliphatic rings. The van der Waals surface area contributed by atoms with Crippen LogP contribution < -0.4 is 4.72 Å². The van der Waals surface area contributed by atoms with E-state index in [9.17, 15) is 8.42 Å². The molecule has 33 heavy (non-hydrogen) atoms. The maximum atomic E-state index is 13.4. The van der Waals surface area contributed by atoms with Crippen molar-refractivity contribution >= 4 is 27.6 Å². The maximum Gasteiger partial charge on any atom is 0.240 e. The van der Waals surface area contributed by atoms with Crippen LogP contribution in [0.4, 0.5) is 5.95 Å². The monoisotopic (exact) mass is 491 g/mol. The highest BCUT2D eigenvalue weighted by Gasteiger charge is 2.37. The van der Waals surface area contributed by atoms with Crippen molar-refractivity contribution < 1.29 is 13.2 Å². The normalized spacial score (nSPS) is 15.9. The van der Waals surface area contributed by atoms with Crippen LogP contribution in [0.5, 0.6) is 0 Å². The summed E-state index contributed by atoms with van der Waals surface area (Å²) in [5, 5.41) is 7.79. The van der Waals surface area contributed by atoms with Gasteiger partial charge in [-0.15, -0.1) is 10.2 Å². The average molecular weight is 492 g/mol. The molecule has 1 N–H and O–H groups in total. The van der Waals surface area contributed by atoms with Crippen molar-refractivity contribution in [2.24, 2.45) is 0 Å². The number of aryl methyl sites for hydroxylation is 1. The van der Waals surface area contributed by atoms with Crippen molar-refractivity contribution in [1.29, 1.82) is 0 Å². The van der Waals surface area contributed by atoms with Gasteiger partial charge in [0.2, 0.25) is 16.0 Å². The van der Waals surface area contributed by atoms with E-state index in [1.807, 2.05) is 24.5 Å². The quantitative estimate of drug-likeness (QED) is 0.454. The third-order valence-corrected chi connectivity index (χ3v) is 7.18. The standard InChI is InChI=1S/C21H26ClN7O3S/c1-4-7-32-18(19-24-11-16(22)12-25-19)14(3)33(30,31)28-21-27-26-20(29(21)17-5-6-17)15-8-13(2)9-23-10-15/h8-12,14,17-18H,4-7H2,1-3H3,(H,27,28)/t14-,18+/m0/s1. The Morgan fingerprint density at radius 1 is 1.21 bits per heavy atom. The third kappa shape index (κ3) is 5.31. The fraction of sp³-hybridized carbons (Fsp3) is 0.476. The molecule has 0 saturated heterocycles. The zero-order chi connectivity index (χ0) is 23.6. The minimum absolute atomic E-state index is 0.134. The number of ether oxygens (including phenoxy) is 1. The number of halogens is 1. The lowest BCUT2D eigenvalue weighted by molar-refractivity contribution is 0.0466.